The first-order valence-corrected chi connectivity index (χ1v) is 11.0. The highest BCUT2D eigenvalue weighted by atomic mass is 32.2. The summed E-state index contributed by atoms with van der Waals surface area (Å²) in [6, 6.07) is 9.23. The molecule has 0 saturated carbocycles. The van der Waals surface area contributed by atoms with Crippen molar-refractivity contribution in [3.8, 4) is 11.6 Å². The second-order valence-corrected chi connectivity index (χ2v) is 8.44. The molecule has 0 radical (unpaired) electrons. The number of amides is 1. The highest BCUT2D eigenvalue weighted by Gasteiger charge is 2.19. The van der Waals surface area contributed by atoms with Gasteiger partial charge in [-0.05, 0) is 60.2 Å². The molecule has 0 aliphatic heterocycles. The first kappa shape index (κ1) is 19.6. The van der Waals surface area contributed by atoms with Crippen molar-refractivity contribution in [1.82, 2.24) is 14.8 Å². The number of furan rings is 1. The molecule has 1 amide bonds. The molecular weight excluding hydrogens is 416 g/mol. The van der Waals surface area contributed by atoms with E-state index in [9.17, 15) is 9.59 Å². The first-order chi connectivity index (χ1) is 15.1. The van der Waals surface area contributed by atoms with Gasteiger partial charge in [0.15, 0.2) is 16.7 Å². The van der Waals surface area contributed by atoms with Crippen molar-refractivity contribution < 1.29 is 13.6 Å². The second kappa shape index (κ2) is 8.07. The monoisotopic (exact) mass is 436 g/mol. The number of aryl methyl sites for hydroxylation is 2. The van der Waals surface area contributed by atoms with Crippen LogP contribution in [0.3, 0.4) is 0 Å². The lowest BCUT2D eigenvalue weighted by atomic mass is 10.0. The molecule has 0 fully saturated rings. The summed E-state index contributed by atoms with van der Waals surface area (Å²) in [6.45, 7) is 0.339. The molecule has 0 unspecified atom stereocenters. The predicted molar refractivity (Wildman–Crippen MR) is 116 cm³/mol. The van der Waals surface area contributed by atoms with E-state index in [1.807, 2.05) is 10.6 Å². The van der Waals surface area contributed by atoms with Gasteiger partial charge in [-0.1, -0.05) is 11.8 Å². The third kappa shape index (κ3) is 3.88. The highest BCUT2D eigenvalue weighted by Crippen LogP contribution is 2.32. The van der Waals surface area contributed by atoms with Crippen LogP contribution in [0.4, 0.5) is 0 Å². The summed E-state index contributed by atoms with van der Waals surface area (Å²) in [5.41, 5.74) is 9.06. The van der Waals surface area contributed by atoms with E-state index in [-0.39, 0.29) is 12.0 Å². The van der Waals surface area contributed by atoms with Gasteiger partial charge in [0.2, 0.25) is 5.91 Å². The summed E-state index contributed by atoms with van der Waals surface area (Å²) < 4.78 is 12.7. The zero-order valence-electron chi connectivity index (χ0n) is 16.7. The van der Waals surface area contributed by atoms with Crippen LogP contribution in [0.25, 0.3) is 22.6 Å². The average molecular weight is 436 g/mol. The van der Waals surface area contributed by atoms with Gasteiger partial charge in [-0.15, -0.1) is 10.2 Å². The molecule has 9 heteroatoms. The molecule has 0 spiro atoms. The van der Waals surface area contributed by atoms with Crippen molar-refractivity contribution in [3.63, 3.8) is 0 Å². The minimum Gasteiger partial charge on any atom is -0.461 e. The van der Waals surface area contributed by atoms with E-state index in [0.29, 0.717) is 34.6 Å². The standard InChI is InChI=1S/C22H20N4O4S/c23-19(27)6-7-26-21(17-5-2-8-29-17)24-25-22(26)31-12-15-11-20(28)30-18-10-14-4-1-3-13(14)9-16(15)18/h2,5,8-11H,1,3-4,6-7,12H2,(H2,23,27). The Labute approximate surface area is 181 Å². The van der Waals surface area contributed by atoms with Gasteiger partial charge < -0.3 is 14.6 Å². The molecule has 31 heavy (non-hydrogen) atoms. The van der Waals surface area contributed by atoms with Gasteiger partial charge >= 0.3 is 5.63 Å². The Morgan fingerprint density at radius 2 is 2.03 bits per heavy atom. The van der Waals surface area contributed by atoms with Gasteiger partial charge in [0.05, 0.1) is 6.26 Å². The number of rotatable bonds is 7. The van der Waals surface area contributed by atoms with Crippen LogP contribution in [0.15, 0.2) is 55.4 Å². The van der Waals surface area contributed by atoms with E-state index in [1.165, 1.54) is 29.0 Å². The van der Waals surface area contributed by atoms with E-state index in [0.717, 1.165) is 30.2 Å². The number of nitrogens with two attached hydrogens (primary N) is 1. The van der Waals surface area contributed by atoms with Crippen molar-refractivity contribution in [2.24, 2.45) is 5.73 Å². The molecule has 1 aromatic carbocycles. The van der Waals surface area contributed by atoms with Crippen molar-refractivity contribution >= 4 is 28.6 Å². The fourth-order valence-corrected chi connectivity index (χ4v) is 4.92. The number of aromatic nitrogens is 3. The van der Waals surface area contributed by atoms with Crippen LogP contribution >= 0.6 is 11.8 Å². The highest BCUT2D eigenvalue weighted by molar-refractivity contribution is 7.98. The lowest BCUT2D eigenvalue weighted by Crippen LogP contribution is -2.15. The summed E-state index contributed by atoms with van der Waals surface area (Å²) in [5.74, 6) is 1.19. The predicted octanol–water partition coefficient (Wildman–Crippen LogP) is 3.30. The van der Waals surface area contributed by atoms with E-state index in [2.05, 4.69) is 16.3 Å². The summed E-state index contributed by atoms with van der Waals surface area (Å²) in [7, 11) is 0. The van der Waals surface area contributed by atoms with E-state index in [1.54, 1.807) is 18.4 Å². The third-order valence-corrected chi connectivity index (χ3v) is 6.46. The third-order valence-electron chi connectivity index (χ3n) is 5.44. The average Bonchev–Trinajstić information content (AvgIpc) is 3.48. The van der Waals surface area contributed by atoms with Gasteiger partial charge in [0, 0.05) is 30.2 Å². The number of nitrogens with zero attached hydrogens (tertiary/aromatic N) is 3. The number of primary amides is 1. The molecule has 0 saturated heterocycles. The Hall–Kier alpha value is -3.33. The number of thioether (sulfide) groups is 1. The molecule has 3 aromatic heterocycles. The lowest BCUT2D eigenvalue weighted by Gasteiger charge is -2.10. The number of fused-ring (bicyclic) bond motifs is 2. The van der Waals surface area contributed by atoms with Crippen LogP contribution in [-0.4, -0.2) is 20.7 Å². The molecule has 5 rings (SSSR count). The maximum absolute atomic E-state index is 12.1. The van der Waals surface area contributed by atoms with E-state index >= 15 is 0 Å². The summed E-state index contributed by atoms with van der Waals surface area (Å²) >= 11 is 1.44. The van der Waals surface area contributed by atoms with Crippen molar-refractivity contribution in [3.05, 3.63) is 63.7 Å². The number of hydrogen-bond donors (Lipinski definition) is 1. The topological polar surface area (TPSA) is 117 Å². The zero-order valence-corrected chi connectivity index (χ0v) is 17.5. The first-order valence-electron chi connectivity index (χ1n) is 10.1. The quantitative estimate of drug-likeness (QED) is 0.349. The van der Waals surface area contributed by atoms with E-state index < -0.39 is 5.91 Å². The Morgan fingerprint density at radius 1 is 1.19 bits per heavy atom. The Morgan fingerprint density at radius 3 is 2.81 bits per heavy atom. The summed E-state index contributed by atoms with van der Waals surface area (Å²) in [4.78, 5) is 23.5. The molecule has 0 atom stereocenters. The fraction of sp³-hybridized carbons (Fsp3) is 0.273. The lowest BCUT2D eigenvalue weighted by molar-refractivity contribution is -0.118. The van der Waals surface area contributed by atoms with Gasteiger partial charge in [0.25, 0.3) is 0 Å². The molecule has 1 aliphatic rings. The largest absolute Gasteiger partial charge is 0.461 e. The molecule has 0 bridgehead atoms. The molecule has 158 valence electrons. The van der Waals surface area contributed by atoms with Gasteiger partial charge in [-0.3, -0.25) is 9.36 Å². The number of benzene rings is 1. The Bertz CT molecular complexity index is 1320. The van der Waals surface area contributed by atoms with Gasteiger partial charge in [0.1, 0.15) is 5.58 Å². The Kier molecular flexibility index (Phi) is 5.11. The maximum atomic E-state index is 12.1. The van der Waals surface area contributed by atoms with Crippen molar-refractivity contribution in [2.45, 2.75) is 43.1 Å². The van der Waals surface area contributed by atoms with Crippen LogP contribution < -0.4 is 11.4 Å². The molecular formula is C22H20N4O4S. The normalized spacial score (nSPS) is 13.0. The SMILES string of the molecule is NC(=O)CCn1c(SCc2cc(=O)oc3cc4c(cc23)CCC4)nnc1-c1ccco1. The van der Waals surface area contributed by atoms with Crippen LogP contribution in [0.1, 0.15) is 29.5 Å². The Balaban J connectivity index is 1.48. The number of carbonyl (C=O) groups is 1. The molecule has 8 nitrogen and oxygen atoms in total. The summed E-state index contributed by atoms with van der Waals surface area (Å²) in [5, 5.41) is 10.1. The maximum Gasteiger partial charge on any atom is 0.336 e. The van der Waals surface area contributed by atoms with Gasteiger partial charge in [-0.25, -0.2) is 4.79 Å². The van der Waals surface area contributed by atoms with E-state index in [4.69, 9.17) is 14.6 Å². The van der Waals surface area contributed by atoms with Crippen molar-refractivity contribution in [1.29, 1.82) is 0 Å². The summed E-state index contributed by atoms with van der Waals surface area (Å²) in [6.07, 6.45) is 4.91. The molecule has 3 heterocycles. The molecule has 1 aliphatic carbocycles. The minimum atomic E-state index is -0.407. The smallest absolute Gasteiger partial charge is 0.336 e. The zero-order chi connectivity index (χ0) is 21.4. The van der Waals surface area contributed by atoms with Gasteiger partial charge in [-0.2, -0.15) is 0 Å². The van der Waals surface area contributed by atoms with Crippen molar-refractivity contribution in [2.75, 3.05) is 0 Å². The number of carbonyl (C=O) groups excluding carboxylic acids is 1. The molecule has 2 N–H and O–H groups in total. The minimum absolute atomic E-state index is 0.156. The fourth-order valence-electron chi connectivity index (χ4n) is 3.96. The van der Waals surface area contributed by atoms with Crippen LogP contribution in [0, 0.1) is 0 Å². The van der Waals surface area contributed by atoms with Crippen LogP contribution in [0.5, 0.6) is 0 Å². The second-order valence-electron chi connectivity index (χ2n) is 7.50. The van der Waals surface area contributed by atoms with Crippen LogP contribution in [0.2, 0.25) is 0 Å². The molecule has 4 aromatic rings. The number of hydrogen-bond acceptors (Lipinski definition) is 7. The van der Waals surface area contributed by atoms with Crippen LogP contribution in [-0.2, 0) is 29.9 Å².